The molecule has 0 bridgehead atoms. The lowest BCUT2D eigenvalue weighted by atomic mass is 9.89. The molecule has 4 aliphatic heterocycles. The van der Waals surface area contributed by atoms with Crippen LogP contribution in [0, 0.1) is 0 Å². The maximum atomic E-state index is 13.2. The average Bonchev–Trinajstić information content (AvgIpc) is 3.24. The van der Waals surface area contributed by atoms with Gasteiger partial charge in [-0.3, -0.25) is 24.6 Å². The quantitative estimate of drug-likeness (QED) is 0.699. The number of carbonyl (C=O) groups excluding carboxylic acids is 3. The summed E-state index contributed by atoms with van der Waals surface area (Å²) in [6.45, 7) is 3.39. The fraction of sp³-hybridized carbons (Fsp3) is 0.571. The largest absolute Gasteiger partial charge is 0.368 e. The van der Waals surface area contributed by atoms with Gasteiger partial charge in [0.25, 0.3) is 5.91 Å². The molecule has 2 unspecified atom stereocenters. The first-order chi connectivity index (χ1) is 14.0. The second-order valence-electron chi connectivity index (χ2n) is 8.69. The summed E-state index contributed by atoms with van der Waals surface area (Å²) in [5.41, 5.74) is 8.32. The van der Waals surface area contributed by atoms with Crippen LogP contribution in [-0.4, -0.2) is 64.9 Å². The Bertz CT molecular complexity index is 879. The Morgan fingerprint density at radius 2 is 2.03 bits per heavy atom. The number of ether oxygens (including phenoxy) is 1. The van der Waals surface area contributed by atoms with Gasteiger partial charge in [0.15, 0.2) is 0 Å². The molecule has 3 saturated heterocycles. The van der Waals surface area contributed by atoms with E-state index >= 15 is 0 Å². The Morgan fingerprint density at radius 1 is 1.21 bits per heavy atom. The van der Waals surface area contributed by atoms with Crippen LogP contribution in [0.4, 0.5) is 0 Å². The van der Waals surface area contributed by atoms with Crippen molar-refractivity contribution in [1.82, 2.24) is 15.1 Å². The number of carbonyl (C=O) groups is 3. The minimum absolute atomic E-state index is 0.0647. The number of amides is 3. The van der Waals surface area contributed by atoms with Crippen molar-refractivity contribution in [3.05, 3.63) is 34.9 Å². The summed E-state index contributed by atoms with van der Waals surface area (Å²) >= 11 is 0. The van der Waals surface area contributed by atoms with Gasteiger partial charge < -0.3 is 15.4 Å². The predicted molar refractivity (Wildman–Crippen MR) is 104 cm³/mol. The summed E-state index contributed by atoms with van der Waals surface area (Å²) in [6, 6.07) is 5.34. The monoisotopic (exact) mass is 398 g/mol. The lowest BCUT2D eigenvalue weighted by Gasteiger charge is -2.47. The van der Waals surface area contributed by atoms with Crippen molar-refractivity contribution >= 4 is 17.7 Å². The van der Waals surface area contributed by atoms with Crippen LogP contribution in [0.15, 0.2) is 18.2 Å². The van der Waals surface area contributed by atoms with Crippen LogP contribution in [0.25, 0.3) is 0 Å². The lowest BCUT2D eigenvalue weighted by molar-refractivity contribution is -0.137. The Kier molecular flexibility index (Phi) is 4.45. The van der Waals surface area contributed by atoms with Crippen LogP contribution < -0.4 is 11.1 Å². The van der Waals surface area contributed by atoms with Crippen LogP contribution >= 0.6 is 0 Å². The fourth-order valence-corrected chi connectivity index (χ4v) is 5.24. The van der Waals surface area contributed by atoms with E-state index in [0.717, 1.165) is 37.1 Å². The molecule has 8 nitrogen and oxygen atoms in total. The molecule has 0 saturated carbocycles. The highest BCUT2D eigenvalue weighted by Gasteiger charge is 2.49. The molecule has 1 aromatic carbocycles. The zero-order valence-electron chi connectivity index (χ0n) is 16.4. The van der Waals surface area contributed by atoms with Gasteiger partial charge in [-0.2, -0.15) is 0 Å². The molecular weight excluding hydrogens is 372 g/mol. The first kappa shape index (κ1) is 18.7. The molecule has 3 amide bonds. The number of piperidine rings is 1. The number of nitrogens with two attached hydrogens (primary N) is 1. The maximum absolute atomic E-state index is 13.2. The van der Waals surface area contributed by atoms with E-state index in [0.29, 0.717) is 31.6 Å². The smallest absolute Gasteiger partial charge is 0.255 e. The molecule has 0 radical (unpaired) electrons. The normalized spacial score (nSPS) is 28.6. The van der Waals surface area contributed by atoms with Gasteiger partial charge in [-0.25, -0.2) is 0 Å². The molecule has 4 heterocycles. The van der Waals surface area contributed by atoms with Gasteiger partial charge in [-0.1, -0.05) is 18.2 Å². The van der Waals surface area contributed by atoms with E-state index in [9.17, 15) is 14.4 Å². The van der Waals surface area contributed by atoms with Crippen molar-refractivity contribution in [2.75, 3.05) is 19.6 Å². The molecule has 29 heavy (non-hydrogen) atoms. The Hall–Kier alpha value is -2.29. The van der Waals surface area contributed by atoms with E-state index in [1.165, 1.54) is 0 Å². The van der Waals surface area contributed by atoms with Gasteiger partial charge in [0, 0.05) is 44.7 Å². The number of nitrogens with zero attached hydrogens (tertiary/aromatic N) is 2. The molecule has 0 aliphatic carbocycles. The second kappa shape index (κ2) is 6.90. The molecule has 5 rings (SSSR count). The highest BCUT2D eigenvalue weighted by molar-refractivity contribution is 6.05. The van der Waals surface area contributed by atoms with Gasteiger partial charge in [0.2, 0.25) is 11.8 Å². The summed E-state index contributed by atoms with van der Waals surface area (Å²) in [5.74, 6) is -0.754. The van der Waals surface area contributed by atoms with Crippen molar-refractivity contribution in [3.8, 4) is 0 Å². The molecule has 1 spiro atoms. The molecule has 1 aromatic rings. The highest BCUT2D eigenvalue weighted by atomic mass is 16.5. The summed E-state index contributed by atoms with van der Waals surface area (Å²) in [6.07, 6.45) is 2.88. The summed E-state index contributed by atoms with van der Waals surface area (Å²) in [7, 11) is 0. The third-order valence-electron chi connectivity index (χ3n) is 6.66. The lowest BCUT2D eigenvalue weighted by Crippen LogP contribution is -2.61. The second-order valence-corrected chi connectivity index (χ2v) is 8.69. The van der Waals surface area contributed by atoms with Crippen LogP contribution in [0.1, 0.15) is 47.2 Å². The zero-order chi connectivity index (χ0) is 20.2. The minimum Gasteiger partial charge on any atom is -0.368 e. The Morgan fingerprint density at radius 3 is 2.76 bits per heavy atom. The van der Waals surface area contributed by atoms with Crippen LogP contribution in [0.3, 0.4) is 0 Å². The van der Waals surface area contributed by atoms with Crippen molar-refractivity contribution in [3.63, 3.8) is 0 Å². The van der Waals surface area contributed by atoms with Gasteiger partial charge in [0.05, 0.1) is 11.7 Å². The van der Waals surface area contributed by atoms with E-state index in [4.69, 9.17) is 10.5 Å². The Balaban J connectivity index is 1.29. The third-order valence-corrected chi connectivity index (χ3v) is 6.66. The van der Waals surface area contributed by atoms with E-state index in [2.05, 4.69) is 10.2 Å². The van der Waals surface area contributed by atoms with E-state index in [-0.39, 0.29) is 35.8 Å². The van der Waals surface area contributed by atoms with Crippen LogP contribution in [0.2, 0.25) is 0 Å². The number of benzene rings is 1. The number of imide groups is 1. The van der Waals surface area contributed by atoms with E-state index in [1.807, 2.05) is 18.2 Å². The van der Waals surface area contributed by atoms with Crippen molar-refractivity contribution in [1.29, 1.82) is 0 Å². The standard InChI is InChI=1S/C21H26N4O4/c22-8-15-6-7-21(29-15)11-24(12-21)9-13-2-1-3-14-10-25(20(28)18(13)14)16-4-5-17(26)23-19(16)27/h1-3,15-16H,4-12,22H2,(H,23,26,27). The van der Waals surface area contributed by atoms with Crippen molar-refractivity contribution < 1.29 is 19.1 Å². The zero-order valence-corrected chi connectivity index (χ0v) is 16.4. The predicted octanol–water partition coefficient (Wildman–Crippen LogP) is 0.140. The molecule has 3 fully saturated rings. The molecule has 8 heteroatoms. The molecular formula is C21H26N4O4. The Labute approximate surface area is 169 Å². The van der Waals surface area contributed by atoms with Crippen LogP contribution in [0.5, 0.6) is 0 Å². The number of rotatable bonds is 4. The van der Waals surface area contributed by atoms with Gasteiger partial charge in [-0.15, -0.1) is 0 Å². The van der Waals surface area contributed by atoms with Gasteiger partial charge >= 0.3 is 0 Å². The fourth-order valence-electron chi connectivity index (χ4n) is 5.24. The van der Waals surface area contributed by atoms with E-state index in [1.54, 1.807) is 4.90 Å². The number of fused-ring (bicyclic) bond motifs is 1. The van der Waals surface area contributed by atoms with Gasteiger partial charge in [-0.05, 0) is 30.4 Å². The number of likely N-dealkylation sites (tertiary alicyclic amines) is 1. The topological polar surface area (TPSA) is 105 Å². The molecule has 0 aromatic heterocycles. The minimum atomic E-state index is -0.576. The average molecular weight is 398 g/mol. The van der Waals surface area contributed by atoms with Gasteiger partial charge in [0.1, 0.15) is 6.04 Å². The summed E-state index contributed by atoms with van der Waals surface area (Å²) in [5, 5.41) is 2.35. The number of hydrogen-bond acceptors (Lipinski definition) is 6. The summed E-state index contributed by atoms with van der Waals surface area (Å²) in [4.78, 5) is 40.8. The number of nitrogens with one attached hydrogen (secondary N) is 1. The SMILES string of the molecule is NCC1CCC2(CN(Cc3cccc4c3C(=O)N(C3CCC(=O)NC3=O)C4)C2)O1. The van der Waals surface area contributed by atoms with E-state index < -0.39 is 6.04 Å². The molecule has 3 N–H and O–H groups in total. The highest BCUT2D eigenvalue weighted by Crippen LogP contribution is 2.39. The van der Waals surface area contributed by atoms with Crippen molar-refractivity contribution in [2.24, 2.45) is 5.73 Å². The van der Waals surface area contributed by atoms with Crippen molar-refractivity contribution in [2.45, 2.75) is 56.5 Å². The first-order valence-electron chi connectivity index (χ1n) is 10.3. The third kappa shape index (κ3) is 3.15. The maximum Gasteiger partial charge on any atom is 0.255 e. The molecule has 154 valence electrons. The molecule has 2 atom stereocenters. The molecule has 4 aliphatic rings. The van der Waals surface area contributed by atoms with Crippen LogP contribution in [-0.2, 0) is 27.4 Å². The number of hydrogen-bond donors (Lipinski definition) is 2. The summed E-state index contributed by atoms with van der Waals surface area (Å²) < 4.78 is 6.12. The first-order valence-corrected chi connectivity index (χ1v) is 10.3.